The molecule has 4 heteroatoms. The molecular formula is C15H17BrN2O. The number of aliphatic hydroxyl groups excluding tert-OH is 1. The highest BCUT2D eigenvalue weighted by molar-refractivity contribution is 9.10. The number of aromatic nitrogens is 1. The summed E-state index contributed by atoms with van der Waals surface area (Å²) in [7, 11) is 2.01. The largest absolute Gasteiger partial charge is 0.392 e. The van der Waals surface area contributed by atoms with Gasteiger partial charge in [-0.15, -0.1) is 0 Å². The molecule has 0 aliphatic rings. The molecule has 1 heterocycles. The first kappa shape index (κ1) is 14.0. The van der Waals surface area contributed by atoms with Crippen LogP contribution in [-0.2, 0) is 13.2 Å². The van der Waals surface area contributed by atoms with Crippen molar-refractivity contribution in [3.63, 3.8) is 0 Å². The van der Waals surface area contributed by atoms with E-state index in [1.807, 2.05) is 50.4 Å². The van der Waals surface area contributed by atoms with Gasteiger partial charge in [-0.1, -0.05) is 22.0 Å². The summed E-state index contributed by atoms with van der Waals surface area (Å²) in [5, 5.41) is 9.44. The maximum atomic E-state index is 9.44. The molecule has 0 spiro atoms. The highest BCUT2D eigenvalue weighted by atomic mass is 79.9. The van der Waals surface area contributed by atoms with Crippen LogP contribution in [0.5, 0.6) is 0 Å². The number of anilines is 1. The van der Waals surface area contributed by atoms with Gasteiger partial charge in [-0.05, 0) is 37.3 Å². The average molecular weight is 321 g/mol. The normalized spacial score (nSPS) is 10.5. The van der Waals surface area contributed by atoms with Crippen LogP contribution in [0, 0.1) is 6.92 Å². The summed E-state index contributed by atoms with van der Waals surface area (Å²) >= 11 is 3.42. The molecule has 1 N–H and O–H groups in total. The molecule has 3 nitrogen and oxygen atoms in total. The number of benzene rings is 1. The Hall–Kier alpha value is -1.39. The molecule has 1 aromatic heterocycles. The van der Waals surface area contributed by atoms with Gasteiger partial charge in [0.05, 0.1) is 18.8 Å². The summed E-state index contributed by atoms with van der Waals surface area (Å²) in [6.45, 7) is 2.74. The number of nitrogens with zero attached hydrogens (tertiary/aromatic N) is 2. The van der Waals surface area contributed by atoms with Gasteiger partial charge in [0.2, 0.25) is 0 Å². The van der Waals surface area contributed by atoms with E-state index in [4.69, 9.17) is 0 Å². The molecule has 19 heavy (non-hydrogen) atoms. The van der Waals surface area contributed by atoms with Crippen molar-refractivity contribution in [1.29, 1.82) is 0 Å². The second kappa shape index (κ2) is 6.17. The van der Waals surface area contributed by atoms with Crippen molar-refractivity contribution in [1.82, 2.24) is 4.98 Å². The highest BCUT2D eigenvalue weighted by Gasteiger charge is 2.08. The van der Waals surface area contributed by atoms with Gasteiger partial charge in [0.25, 0.3) is 0 Å². The van der Waals surface area contributed by atoms with Crippen molar-refractivity contribution in [3.8, 4) is 0 Å². The van der Waals surface area contributed by atoms with Gasteiger partial charge < -0.3 is 10.0 Å². The van der Waals surface area contributed by atoms with E-state index in [0.717, 1.165) is 33.7 Å². The number of aryl methyl sites for hydroxylation is 1. The van der Waals surface area contributed by atoms with Gasteiger partial charge in [-0.3, -0.25) is 4.98 Å². The Balaban J connectivity index is 2.22. The van der Waals surface area contributed by atoms with E-state index in [1.54, 1.807) is 0 Å². The van der Waals surface area contributed by atoms with Crippen molar-refractivity contribution in [2.75, 3.05) is 11.9 Å². The van der Waals surface area contributed by atoms with Crippen LogP contribution in [0.2, 0.25) is 0 Å². The van der Waals surface area contributed by atoms with E-state index >= 15 is 0 Å². The molecule has 0 aliphatic carbocycles. The first-order valence-corrected chi connectivity index (χ1v) is 6.92. The minimum Gasteiger partial charge on any atom is -0.392 e. The van der Waals surface area contributed by atoms with Crippen LogP contribution in [0.3, 0.4) is 0 Å². The van der Waals surface area contributed by atoms with Crippen LogP contribution in [0.15, 0.2) is 40.9 Å². The predicted octanol–water partition coefficient (Wildman–Crippen LogP) is 3.28. The molecule has 2 aromatic rings. The Morgan fingerprint density at radius 1 is 1.26 bits per heavy atom. The summed E-state index contributed by atoms with van der Waals surface area (Å²) in [4.78, 5) is 6.60. The molecule has 0 saturated carbocycles. The number of hydrogen-bond acceptors (Lipinski definition) is 3. The lowest BCUT2D eigenvalue weighted by Crippen LogP contribution is -2.19. The van der Waals surface area contributed by atoms with Crippen molar-refractivity contribution in [3.05, 3.63) is 57.8 Å². The molecule has 0 radical (unpaired) electrons. The maximum Gasteiger partial charge on any atom is 0.0702 e. The topological polar surface area (TPSA) is 36.4 Å². The fraction of sp³-hybridized carbons (Fsp3) is 0.267. The second-order valence-corrected chi connectivity index (χ2v) is 5.47. The summed E-state index contributed by atoms with van der Waals surface area (Å²) in [6, 6.07) is 11.9. The van der Waals surface area contributed by atoms with Crippen molar-refractivity contribution in [2.24, 2.45) is 0 Å². The third kappa shape index (κ3) is 3.55. The Kier molecular flexibility index (Phi) is 4.56. The quantitative estimate of drug-likeness (QED) is 0.939. The van der Waals surface area contributed by atoms with Crippen LogP contribution in [0.4, 0.5) is 5.69 Å². The van der Waals surface area contributed by atoms with E-state index in [1.165, 1.54) is 0 Å². The smallest absolute Gasteiger partial charge is 0.0702 e. The number of halogens is 1. The van der Waals surface area contributed by atoms with E-state index in [0.29, 0.717) is 0 Å². The monoisotopic (exact) mass is 320 g/mol. The molecule has 100 valence electrons. The lowest BCUT2D eigenvalue weighted by Gasteiger charge is -2.22. The first-order chi connectivity index (χ1) is 9.10. The van der Waals surface area contributed by atoms with Crippen LogP contribution in [-0.4, -0.2) is 17.1 Å². The number of rotatable bonds is 4. The predicted molar refractivity (Wildman–Crippen MR) is 81.1 cm³/mol. The third-order valence-electron chi connectivity index (χ3n) is 2.97. The summed E-state index contributed by atoms with van der Waals surface area (Å²) in [5.74, 6) is 0. The van der Waals surface area contributed by atoms with Gasteiger partial charge in [0, 0.05) is 28.5 Å². The van der Waals surface area contributed by atoms with Crippen LogP contribution < -0.4 is 4.90 Å². The molecule has 0 fully saturated rings. The summed E-state index contributed by atoms with van der Waals surface area (Å²) in [6.07, 6.45) is 0. The van der Waals surface area contributed by atoms with Crippen LogP contribution in [0.25, 0.3) is 0 Å². The molecule has 0 saturated heterocycles. The van der Waals surface area contributed by atoms with Gasteiger partial charge in [-0.25, -0.2) is 0 Å². The zero-order valence-corrected chi connectivity index (χ0v) is 12.7. The summed E-state index contributed by atoms with van der Waals surface area (Å²) < 4.78 is 0.974. The fourth-order valence-electron chi connectivity index (χ4n) is 2.07. The minimum absolute atomic E-state index is 0.0281. The average Bonchev–Trinajstić information content (AvgIpc) is 2.38. The molecular weight excluding hydrogens is 304 g/mol. The van der Waals surface area contributed by atoms with Crippen molar-refractivity contribution >= 4 is 21.6 Å². The first-order valence-electron chi connectivity index (χ1n) is 6.13. The number of hydrogen-bond donors (Lipinski definition) is 1. The van der Waals surface area contributed by atoms with Gasteiger partial charge in [0.1, 0.15) is 0 Å². The zero-order valence-electron chi connectivity index (χ0n) is 11.1. The minimum atomic E-state index is 0.0281. The molecule has 1 aromatic carbocycles. The van der Waals surface area contributed by atoms with Gasteiger partial charge in [0.15, 0.2) is 0 Å². The van der Waals surface area contributed by atoms with E-state index in [9.17, 15) is 5.11 Å². The van der Waals surface area contributed by atoms with Crippen LogP contribution in [0.1, 0.15) is 17.0 Å². The SMILES string of the molecule is Cc1cccc(CN(C)c2ccc(Br)cc2CO)n1. The van der Waals surface area contributed by atoms with Gasteiger partial charge >= 0.3 is 0 Å². The lowest BCUT2D eigenvalue weighted by molar-refractivity contribution is 0.282. The zero-order chi connectivity index (χ0) is 13.8. The molecule has 2 rings (SSSR count). The summed E-state index contributed by atoms with van der Waals surface area (Å²) in [5.41, 5.74) is 3.97. The molecule has 0 atom stereocenters. The van der Waals surface area contributed by atoms with E-state index in [2.05, 4.69) is 25.8 Å². The third-order valence-corrected chi connectivity index (χ3v) is 3.46. The Labute approximate surface area is 122 Å². The Morgan fingerprint density at radius 2 is 2.05 bits per heavy atom. The molecule has 0 bridgehead atoms. The second-order valence-electron chi connectivity index (χ2n) is 4.56. The maximum absolute atomic E-state index is 9.44. The van der Waals surface area contributed by atoms with Crippen molar-refractivity contribution in [2.45, 2.75) is 20.1 Å². The van der Waals surface area contributed by atoms with Gasteiger partial charge in [-0.2, -0.15) is 0 Å². The van der Waals surface area contributed by atoms with Crippen molar-refractivity contribution < 1.29 is 5.11 Å². The highest BCUT2D eigenvalue weighted by Crippen LogP contribution is 2.24. The molecule has 0 amide bonds. The van der Waals surface area contributed by atoms with E-state index in [-0.39, 0.29) is 6.61 Å². The Bertz CT molecular complexity index is 572. The molecule has 0 unspecified atom stereocenters. The molecule has 0 aliphatic heterocycles. The number of aliphatic hydroxyl groups is 1. The van der Waals surface area contributed by atoms with E-state index < -0.39 is 0 Å². The fourth-order valence-corrected chi connectivity index (χ4v) is 2.48. The standard InChI is InChI=1S/C15H17BrN2O/c1-11-4-3-5-14(17-11)9-18(2)15-7-6-13(16)8-12(15)10-19/h3-8,19H,9-10H2,1-2H3. The lowest BCUT2D eigenvalue weighted by atomic mass is 10.1. The Morgan fingerprint density at radius 3 is 2.74 bits per heavy atom. The number of pyridine rings is 1. The van der Waals surface area contributed by atoms with Crippen LogP contribution >= 0.6 is 15.9 Å².